The molecule has 0 aliphatic carbocycles. The summed E-state index contributed by atoms with van der Waals surface area (Å²) in [5, 5.41) is 0. The van der Waals surface area contributed by atoms with Gasteiger partial charge in [-0.1, -0.05) is 236 Å². The molecule has 0 N–H and O–H groups in total. The molecule has 6 heteroatoms. The van der Waals surface area contributed by atoms with Gasteiger partial charge in [0, 0.05) is 19.3 Å². The highest BCUT2D eigenvalue weighted by Crippen LogP contribution is 2.16. The molecule has 0 heterocycles. The van der Waals surface area contributed by atoms with Crippen molar-refractivity contribution in [2.75, 3.05) is 13.2 Å². The van der Waals surface area contributed by atoms with Gasteiger partial charge in [0.25, 0.3) is 0 Å². The first-order valence-electron chi connectivity index (χ1n) is 28.3. The van der Waals surface area contributed by atoms with Crippen LogP contribution in [0.1, 0.15) is 284 Å². The van der Waals surface area contributed by atoms with E-state index in [-0.39, 0.29) is 31.1 Å². The third-order valence-corrected chi connectivity index (χ3v) is 12.2. The van der Waals surface area contributed by atoms with Gasteiger partial charge in [-0.2, -0.15) is 0 Å². The van der Waals surface area contributed by atoms with Crippen LogP contribution in [0.15, 0.2) is 60.8 Å². The van der Waals surface area contributed by atoms with Crippen molar-refractivity contribution in [2.45, 2.75) is 290 Å². The molecule has 0 aliphatic rings. The van der Waals surface area contributed by atoms with Crippen LogP contribution in [0, 0.1) is 0 Å². The Morgan fingerprint density at radius 1 is 0.303 bits per heavy atom. The topological polar surface area (TPSA) is 78.9 Å². The lowest BCUT2D eigenvalue weighted by Crippen LogP contribution is -2.30. The van der Waals surface area contributed by atoms with E-state index < -0.39 is 6.10 Å². The fourth-order valence-electron chi connectivity index (χ4n) is 7.95. The second-order valence-electron chi connectivity index (χ2n) is 18.8. The minimum Gasteiger partial charge on any atom is -0.462 e. The molecule has 382 valence electrons. The van der Waals surface area contributed by atoms with Crippen molar-refractivity contribution in [3.05, 3.63) is 60.8 Å². The summed E-state index contributed by atoms with van der Waals surface area (Å²) < 4.78 is 16.8. The average Bonchev–Trinajstić information content (AvgIpc) is 3.31. The van der Waals surface area contributed by atoms with Crippen LogP contribution in [0.25, 0.3) is 0 Å². The first-order chi connectivity index (χ1) is 32.5. The third kappa shape index (κ3) is 52.1. The quantitative estimate of drug-likeness (QED) is 0.0262. The third-order valence-electron chi connectivity index (χ3n) is 12.2. The highest BCUT2D eigenvalue weighted by Gasteiger charge is 2.19. The molecule has 66 heavy (non-hydrogen) atoms. The summed E-state index contributed by atoms with van der Waals surface area (Å²) in [6.07, 6.45) is 67.8. The Labute approximate surface area is 409 Å². The van der Waals surface area contributed by atoms with Gasteiger partial charge in [-0.05, 0) is 89.9 Å². The number of allylic oxidation sites excluding steroid dienone is 10. The van der Waals surface area contributed by atoms with Crippen molar-refractivity contribution < 1.29 is 28.6 Å². The van der Waals surface area contributed by atoms with Crippen LogP contribution in [0.2, 0.25) is 0 Å². The fourth-order valence-corrected chi connectivity index (χ4v) is 7.95. The maximum absolute atomic E-state index is 12.8. The number of hydrogen-bond donors (Lipinski definition) is 0. The van der Waals surface area contributed by atoms with Crippen LogP contribution in [0.3, 0.4) is 0 Å². The van der Waals surface area contributed by atoms with Crippen LogP contribution >= 0.6 is 0 Å². The van der Waals surface area contributed by atoms with Gasteiger partial charge in [0.2, 0.25) is 0 Å². The van der Waals surface area contributed by atoms with E-state index in [0.717, 1.165) is 89.9 Å². The van der Waals surface area contributed by atoms with Crippen LogP contribution < -0.4 is 0 Å². The molecule has 0 amide bonds. The van der Waals surface area contributed by atoms with E-state index in [9.17, 15) is 14.4 Å². The lowest BCUT2D eigenvalue weighted by molar-refractivity contribution is -0.167. The van der Waals surface area contributed by atoms with Gasteiger partial charge in [-0.25, -0.2) is 0 Å². The summed E-state index contributed by atoms with van der Waals surface area (Å²) in [4.78, 5) is 38.1. The van der Waals surface area contributed by atoms with Crippen molar-refractivity contribution in [1.29, 1.82) is 0 Å². The lowest BCUT2D eigenvalue weighted by Gasteiger charge is -2.18. The molecule has 0 fully saturated rings. The van der Waals surface area contributed by atoms with E-state index in [1.54, 1.807) is 0 Å². The Kier molecular flexibility index (Phi) is 52.3. The van der Waals surface area contributed by atoms with Crippen LogP contribution in [0.5, 0.6) is 0 Å². The SMILES string of the molecule is CCCCC/C=C\C/C=C\C/C=C\C/C=C\CCCCCC(=O)OC[C@@H](COC(=O)CCCCCCC/C=C\CCCCC)OC(=O)CCCCCCCCCCCCCCCCCCC. The van der Waals surface area contributed by atoms with Gasteiger partial charge in [-0.15, -0.1) is 0 Å². The molecule has 0 saturated carbocycles. The van der Waals surface area contributed by atoms with Crippen molar-refractivity contribution in [2.24, 2.45) is 0 Å². The number of rotatable bonds is 51. The zero-order valence-electron chi connectivity index (χ0n) is 43.7. The highest BCUT2D eigenvalue weighted by molar-refractivity contribution is 5.71. The van der Waals surface area contributed by atoms with E-state index in [1.807, 2.05) is 0 Å². The molecule has 0 saturated heterocycles. The number of esters is 3. The lowest BCUT2D eigenvalue weighted by atomic mass is 10.0. The predicted molar refractivity (Wildman–Crippen MR) is 284 cm³/mol. The maximum atomic E-state index is 12.8. The van der Waals surface area contributed by atoms with Crippen molar-refractivity contribution >= 4 is 17.9 Å². The molecule has 0 aliphatic heterocycles. The van der Waals surface area contributed by atoms with E-state index in [4.69, 9.17) is 14.2 Å². The first-order valence-corrected chi connectivity index (χ1v) is 28.3. The Hall–Kier alpha value is -2.89. The highest BCUT2D eigenvalue weighted by atomic mass is 16.6. The monoisotopic (exact) mass is 923 g/mol. The number of carbonyl (C=O) groups excluding carboxylic acids is 3. The number of unbranched alkanes of at least 4 members (excludes halogenated alkanes) is 30. The van der Waals surface area contributed by atoms with Gasteiger partial charge in [0.05, 0.1) is 0 Å². The molecule has 0 aromatic rings. The van der Waals surface area contributed by atoms with Crippen LogP contribution in [-0.2, 0) is 28.6 Å². The number of hydrogen-bond acceptors (Lipinski definition) is 6. The zero-order valence-corrected chi connectivity index (χ0v) is 43.7. The summed E-state index contributed by atoms with van der Waals surface area (Å²) in [7, 11) is 0. The Bertz CT molecular complexity index is 1200. The van der Waals surface area contributed by atoms with E-state index >= 15 is 0 Å². The molecule has 6 nitrogen and oxygen atoms in total. The summed E-state index contributed by atoms with van der Waals surface area (Å²) in [5.41, 5.74) is 0. The van der Waals surface area contributed by atoms with Crippen LogP contribution in [-0.4, -0.2) is 37.2 Å². The van der Waals surface area contributed by atoms with E-state index in [0.29, 0.717) is 19.3 Å². The summed E-state index contributed by atoms with van der Waals surface area (Å²) in [6.45, 7) is 6.58. The summed E-state index contributed by atoms with van der Waals surface area (Å²) in [5.74, 6) is -0.916. The van der Waals surface area contributed by atoms with Crippen LogP contribution in [0.4, 0.5) is 0 Å². The maximum Gasteiger partial charge on any atom is 0.306 e. The molecule has 1 atom stereocenters. The first kappa shape index (κ1) is 63.1. The molecule has 0 spiro atoms. The normalized spacial score (nSPS) is 12.5. The van der Waals surface area contributed by atoms with Gasteiger partial charge < -0.3 is 14.2 Å². The molecular formula is C60H106O6. The summed E-state index contributed by atoms with van der Waals surface area (Å²) >= 11 is 0. The molecule has 0 bridgehead atoms. The minimum atomic E-state index is -0.788. The number of ether oxygens (including phenoxy) is 3. The van der Waals surface area contributed by atoms with E-state index in [2.05, 4.69) is 81.5 Å². The second-order valence-corrected chi connectivity index (χ2v) is 18.8. The standard InChI is InChI=1S/C60H106O6/c1-4-7-10-13-16-19-22-25-27-29-30-32-33-35-38-41-44-47-50-53-59(62)65-56-57(55-64-58(61)52-49-46-43-40-37-24-21-18-15-12-9-6-3)66-60(63)54-51-48-45-42-39-36-34-31-28-26-23-20-17-14-11-8-5-2/h16,18-19,21,25,27,30,32,35,38,57H,4-15,17,20,22-24,26,28-29,31,33-34,36-37,39-56H2,1-3H3/b19-16-,21-18-,27-25-,32-30-,38-35-/t57-/m1/s1. The fraction of sp³-hybridized carbons (Fsp3) is 0.783. The van der Waals surface area contributed by atoms with Crippen molar-refractivity contribution in [1.82, 2.24) is 0 Å². The predicted octanol–water partition coefficient (Wildman–Crippen LogP) is 18.8. The number of carbonyl (C=O) groups is 3. The summed E-state index contributed by atoms with van der Waals surface area (Å²) in [6, 6.07) is 0. The van der Waals surface area contributed by atoms with Gasteiger partial charge in [0.15, 0.2) is 6.10 Å². The van der Waals surface area contributed by atoms with E-state index in [1.165, 1.54) is 154 Å². The van der Waals surface area contributed by atoms with Gasteiger partial charge in [0.1, 0.15) is 13.2 Å². The smallest absolute Gasteiger partial charge is 0.306 e. The van der Waals surface area contributed by atoms with Gasteiger partial charge >= 0.3 is 17.9 Å². The van der Waals surface area contributed by atoms with Crippen molar-refractivity contribution in [3.8, 4) is 0 Å². The molecule has 0 rings (SSSR count). The van der Waals surface area contributed by atoms with Gasteiger partial charge in [-0.3, -0.25) is 14.4 Å². The molecule has 0 radical (unpaired) electrons. The Morgan fingerprint density at radius 3 is 0.909 bits per heavy atom. The minimum absolute atomic E-state index is 0.0867. The molecule has 0 aromatic heterocycles. The average molecular weight is 924 g/mol. The largest absolute Gasteiger partial charge is 0.462 e. The van der Waals surface area contributed by atoms with Crippen molar-refractivity contribution in [3.63, 3.8) is 0 Å². The zero-order chi connectivity index (χ0) is 47.9. The second kappa shape index (κ2) is 54.7. The molecular weight excluding hydrogens is 817 g/mol. The Balaban J connectivity index is 4.40. The Morgan fingerprint density at radius 2 is 0.545 bits per heavy atom. The molecule has 0 unspecified atom stereocenters. The molecule has 0 aromatic carbocycles.